The first-order valence-electron chi connectivity index (χ1n) is 10.5. The van der Waals surface area contributed by atoms with E-state index in [1.54, 1.807) is 19.2 Å². The lowest BCUT2D eigenvalue weighted by Gasteiger charge is -2.31. The van der Waals surface area contributed by atoms with Crippen molar-refractivity contribution in [2.75, 3.05) is 33.9 Å². The molecule has 0 bridgehead atoms. The first kappa shape index (κ1) is 23.1. The van der Waals surface area contributed by atoms with Crippen LogP contribution in [0.1, 0.15) is 24.8 Å². The molecule has 0 spiro atoms. The summed E-state index contributed by atoms with van der Waals surface area (Å²) >= 11 is 0. The minimum absolute atomic E-state index is 0.0883. The van der Waals surface area contributed by atoms with Crippen LogP contribution in [-0.4, -0.2) is 52.5 Å². The molecule has 0 saturated carbocycles. The van der Waals surface area contributed by atoms with E-state index in [0.29, 0.717) is 31.7 Å². The third kappa shape index (κ3) is 5.77. The Hall–Kier alpha value is -2.58. The van der Waals surface area contributed by atoms with E-state index in [4.69, 9.17) is 9.47 Å². The summed E-state index contributed by atoms with van der Waals surface area (Å²) < 4.78 is 37.8. The van der Waals surface area contributed by atoms with E-state index >= 15 is 0 Å². The van der Waals surface area contributed by atoms with Gasteiger partial charge in [-0.05, 0) is 61.6 Å². The Kier molecular flexibility index (Phi) is 7.92. The fourth-order valence-electron chi connectivity index (χ4n) is 3.82. The minimum Gasteiger partial charge on any atom is -0.497 e. The van der Waals surface area contributed by atoms with Gasteiger partial charge >= 0.3 is 0 Å². The van der Waals surface area contributed by atoms with E-state index in [1.165, 1.54) is 23.5 Å². The number of methoxy groups -OCH3 is 2. The highest BCUT2D eigenvalue weighted by Crippen LogP contribution is 2.25. The second kappa shape index (κ2) is 10.6. The molecule has 1 aliphatic rings. The second-order valence-corrected chi connectivity index (χ2v) is 9.52. The molecule has 2 aromatic rings. The summed E-state index contributed by atoms with van der Waals surface area (Å²) in [5.41, 5.74) is 1.11. The molecular formula is C23H30N2O5S. The first-order valence-corrected chi connectivity index (χ1v) is 11.9. The Morgan fingerprint density at radius 1 is 1.10 bits per heavy atom. The van der Waals surface area contributed by atoms with Gasteiger partial charge in [0.15, 0.2) is 0 Å². The lowest BCUT2D eigenvalue weighted by atomic mass is 9.99. The minimum atomic E-state index is -3.64. The Balaban J connectivity index is 1.52. The zero-order valence-electron chi connectivity index (χ0n) is 18.0. The number of amides is 1. The number of benzene rings is 2. The average Bonchev–Trinajstić information content (AvgIpc) is 2.82. The second-order valence-electron chi connectivity index (χ2n) is 7.58. The molecule has 0 radical (unpaired) electrons. The maximum atomic E-state index is 13.0. The zero-order valence-corrected chi connectivity index (χ0v) is 18.9. The monoisotopic (exact) mass is 446 g/mol. The van der Waals surface area contributed by atoms with Crippen molar-refractivity contribution < 1.29 is 22.7 Å². The van der Waals surface area contributed by atoms with Gasteiger partial charge in [0.25, 0.3) is 0 Å². The molecular weight excluding hydrogens is 416 g/mol. The van der Waals surface area contributed by atoms with Crippen molar-refractivity contribution in [2.24, 2.45) is 5.92 Å². The van der Waals surface area contributed by atoms with Gasteiger partial charge in [-0.3, -0.25) is 4.79 Å². The fourth-order valence-corrected chi connectivity index (χ4v) is 5.34. The smallest absolute Gasteiger partial charge is 0.243 e. The van der Waals surface area contributed by atoms with E-state index in [9.17, 15) is 13.2 Å². The Morgan fingerprint density at radius 2 is 1.84 bits per heavy atom. The number of aryl methyl sites for hydroxylation is 1. The largest absolute Gasteiger partial charge is 0.497 e. The highest BCUT2D eigenvalue weighted by Gasteiger charge is 2.33. The molecule has 1 amide bonds. The molecule has 1 heterocycles. The molecule has 1 aliphatic heterocycles. The standard InChI is InChI=1S/C23H30N2O5S/c1-29-20-11-13-21(14-12-20)31(27,28)25-16-6-9-19(17-25)23(26)24-15-5-8-18-7-3-4-10-22(18)30-2/h3-4,7,10-14,19H,5-6,8-9,15-17H2,1-2H3,(H,24,26). The fraction of sp³-hybridized carbons (Fsp3) is 0.435. The van der Waals surface area contributed by atoms with E-state index in [1.807, 2.05) is 24.3 Å². The quantitative estimate of drug-likeness (QED) is 0.599. The summed E-state index contributed by atoms with van der Waals surface area (Å²) in [6.07, 6.45) is 2.93. The predicted octanol–water partition coefficient (Wildman–Crippen LogP) is 2.85. The molecule has 0 aliphatic carbocycles. The molecule has 7 nitrogen and oxygen atoms in total. The Labute approximate surface area is 184 Å². The van der Waals surface area contributed by atoms with Gasteiger partial charge in [-0.1, -0.05) is 18.2 Å². The number of nitrogens with zero attached hydrogens (tertiary/aromatic N) is 1. The van der Waals surface area contributed by atoms with E-state index < -0.39 is 10.0 Å². The number of ether oxygens (including phenoxy) is 2. The number of piperidine rings is 1. The van der Waals surface area contributed by atoms with Crippen LogP contribution in [0, 0.1) is 5.92 Å². The molecule has 3 rings (SSSR count). The van der Waals surface area contributed by atoms with Crippen LogP contribution >= 0.6 is 0 Å². The van der Waals surface area contributed by atoms with Crippen LogP contribution in [0.2, 0.25) is 0 Å². The number of carbonyl (C=O) groups is 1. The third-order valence-corrected chi connectivity index (χ3v) is 7.45. The highest BCUT2D eigenvalue weighted by molar-refractivity contribution is 7.89. The van der Waals surface area contributed by atoms with Crippen molar-refractivity contribution in [1.82, 2.24) is 9.62 Å². The van der Waals surface area contributed by atoms with Gasteiger partial charge in [-0.2, -0.15) is 4.31 Å². The molecule has 1 N–H and O–H groups in total. The van der Waals surface area contributed by atoms with Gasteiger partial charge in [-0.25, -0.2) is 8.42 Å². The van der Waals surface area contributed by atoms with Crippen molar-refractivity contribution in [3.05, 3.63) is 54.1 Å². The van der Waals surface area contributed by atoms with E-state index in [-0.39, 0.29) is 23.3 Å². The van der Waals surface area contributed by atoms with Gasteiger partial charge in [-0.15, -0.1) is 0 Å². The summed E-state index contributed by atoms with van der Waals surface area (Å²) in [4.78, 5) is 12.9. The summed E-state index contributed by atoms with van der Waals surface area (Å²) in [5, 5.41) is 2.97. The van der Waals surface area contributed by atoms with Crippen molar-refractivity contribution in [3.63, 3.8) is 0 Å². The number of rotatable bonds is 9. The van der Waals surface area contributed by atoms with Crippen LogP contribution in [0.4, 0.5) is 0 Å². The Bertz CT molecular complexity index is 976. The normalized spacial score (nSPS) is 17.2. The van der Waals surface area contributed by atoms with E-state index in [2.05, 4.69) is 5.32 Å². The number of para-hydroxylation sites is 1. The number of nitrogens with one attached hydrogen (secondary N) is 1. The molecule has 1 unspecified atom stereocenters. The summed E-state index contributed by atoms with van der Waals surface area (Å²) in [6.45, 7) is 1.16. The number of hydrogen-bond donors (Lipinski definition) is 1. The molecule has 8 heteroatoms. The molecule has 1 fully saturated rings. The lowest BCUT2D eigenvalue weighted by Crippen LogP contribution is -2.45. The van der Waals surface area contributed by atoms with Crippen molar-refractivity contribution in [2.45, 2.75) is 30.6 Å². The van der Waals surface area contributed by atoms with Crippen LogP contribution in [0.25, 0.3) is 0 Å². The summed E-state index contributed by atoms with van der Waals surface area (Å²) in [5.74, 6) is 1.02. The van der Waals surface area contributed by atoms with Gasteiger partial charge in [0.2, 0.25) is 15.9 Å². The number of sulfonamides is 1. The molecule has 168 valence electrons. The van der Waals surface area contributed by atoms with Crippen molar-refractivity contribution >= 4 is 15.9 Å². The molecule has 1 saturated heterocycles. The van der Waals surface area contributed by atoms with Crippen LogP contribution in [-0.2, 0) is 21.2 Å². The maximum absolute atomic E-state index is 13.0. The molecule has 0 aromatic heterocycles. The number of hydrogen-bond acceptors (Lipinski definition) is 5. The van der Waals surface area contributed by atoms with Crippen LogP contribution in [0.15, 0.2) is 53.4 Å². The van der Waals surface area contributed by atoms with Crippen LogP contribution in [0.3, 0.4) is 0 Å². The third-order valence-electron chi connectivity index (χ3n) is 5.57. The maximum Gasteiger partial charge on any atom is 0.243 e. The molecule has 1 atom stereocenters. The SMILES string of the molecule is COc1ccc(S(=O)(=O)N2CCCC(C(=O)NCCCc3ccccc3OC)C2)cc1. The predicted molar refractivity (Wildman–Crippen MR) is 119 cm³/mol. The molecule has 2 aromatic carbocycles. The average molecular weight is 447 g/mol. The summed E-state index contributed by atoms with van der Waals surface area (Å²) in [6, 6.07) is 14.2. The van der Waals surface area contributed by atoms with Crippen LogP contribution in [0.5, 0.6) is 11.5 Å². The number of carbonyl (C=O) groups excluding carboxylic acids is 1. The van der Waals surface area contributed by atoms with E-state index in [0.717, 1.165) is 24.2 Å². The topological polar surface area (TPSA) is 84.9 Å². The van der Waals surface area contributed by atoms with Gasteiger partial charge in [0.05, 0.1) is 25.0 Å². The highest BCUT2D eigenvalue weighted by atomic mass is 32.2. The van der Waals surface area contributed by atoms with Crippen molar-refractivity contribution in [3.8, 4) is 11.5 Å². The summed E-state index contributed by atoms with van der Waals surface area (Å²) in [7, 11) is -0.455. The zero-order chi connectivity index (χ0) is 22.3. The van der Waals surface area contributed by atoms with Gasteiger partial charge in [0.1, 0.15) is 11.5 Å². The Morgan fingerprint density at radius 3 is 2.55 bits per heavy atom. The van der Waals surface area contributed by atoms with Crippen molar-refractivity contribution in [1.29, 1.82) is 0 Å². The molecule has 31 heavy (non-hydrogen) atoms. The lowest BCUT2D eigenvalue weighted by molar-refractivity contribution is -0.126. The first-order chi connectivity index (χ1) is 15.0. The van der Waals surface area contributed by atoms with Gasteiger partial charge < -0.3 is 14.8 Å². The van der Waals surface area contributed by atoms with Crippen LogP contribution < -0.4 is 14.8 Å². The van der Waals surface area contributed by atoms with Gasteiger partial charge in [0, 0.05) is 19.6 Å².